The lowest BCUT2D eigenvalue weighted by atomic mass is 9.68. The van der Waals surface area contributed by atoms with Crippen LogP contribution in [0, 0.1) is 11.3 Å². The van der Waals surface area contributed by atoms with Crippen LogP contribution in [-0.2, 0) is 9.59 Å². The maximum atomic E-state index is 11.8. The predicted octanol–water partition coefficient (Wildman–Crippen LogP) is 0.733. The van der Waals surface area contributed by atoms with Gasteiger partial charge in [0.1, 0.15) is 0 Å². The lowest BCUT2D eigenvalue weighted by Crippen LogP contribution is -2.49. The third kappa shape index (κ3) is 3.19. The lowest BCUT2D eigenvalue weighted by molar-refractivity contribution is -0.154. The monoisotopic (exact) mass is 242 g/mol. The van der Waals surface area contributed by atoms with E-state index in [1.54, 1.807) is 0 Å². The average Bonchev–Trinajstić information content (AvgIpc) is 2.23. The van der Waals surface area contributed by atoms with Gasteiger partial charge in [-0.1, -0.05) is 19.8 Å². The van der Waals surface area contributed by atoms with E-state index in [2.05, 4.69) is 5.32 Å². The largest absolute Gasteiger partial charge is 0.481 e. The van der Waals surface area contributed by atoms with Crippen LogP contribution in [0.1, 0.15) is 39.0 Å². The van der Waals surface area contributed by atoms with Crippen LogP contribution in [0.2, 0.25) is 0 Å². The van der Waals surface area contributed by atoms with Crippen molar-refractivity contribution in [2.45, 2.75) is 39.0 Å². The molecule has 5 nitrogen and oxygen atoms in total. The van der Waals surface area contributed by atoms with Gasteiger partial charge in [0, 0.05) is 13.1 Å². The smallest absolute Gasteiger partial charge is 0.311 e. The molecule has 0 aliphatic heterocycles. The average molecular weight is 242 g/mol. The van der Waals surface area contributed by atoms with Gasteiger partial charge in [0.2, 0.25) is 5.91 Å². The summed E-state index contributed by atoms with van der Waals surface area (Å²) < 4.78 is 0. The van der Waals surface area contributed by atoms with Crippen molar-refractivity contribution in [1.29, 1.82) is 0 Å². The Morgan fingerprint density at radius 3 is 2.47 bits per heavy atom. The SMILES string of the molecule is CCCC(CN)C(=O)NCC1(C(=O)O)CCC1. The van der Waals surface area contributed by atoms with E-state index >= 15 is 0 Å². The molecule has 0 bridgehead atoms. The Hall–Kier alpha value is -1.10. The quantitative estimate of drug-likeness (QED) is 0.613. The number of nitrogens with one attached hydrogen (secondary N) is 1. The van der Waals surface area contributed by atoms with Gasteiger partial charge in [-0.05, 0) is 19.3 Å². The molecule has 98 valence electrons. The van der Waals surface area contributed by atoms with E-state index in [4.69, 9.17) is 10.8 Å². The fraction of sp³-hybridized carbons (Fsp3) is 0.833. The highest BCUT2D eigenvalue weighted by atomic mass is 16.4. The first-order valence-electron chi connectivity index (χ1n) is 6.27. The number of carboxylic acids is 1. The first-order valence-corrected chi connectivity index (χ1v) is 6.27. The van der Waals surface area contributed by atoms with Crippen molar-refractivity contribution >= 4 is 11.9 Å². The number of rotatable bonds is 7. The predicted molar refractivity (Wildman–Crippen MR) is 64.4 cm³/mol. The summed E-state index contributed by atoms with van der Waals surface area (Å²) in [5, 5.41) is 11.9. The van der Waals surface area contributed by atoms with Crippen molar-refractivity contribution in [2.75, 3.05) is 13.1 Å². The zero-order chi connectivity index (χ0) is 12.9. The molecule has 1 saturated carbocycles. The molecule has 1 rings (SSSR count). The number of carboxylic acid groups (broad SMARTS) is 1. The van der Waals surface area contributed by atoms with Crippen molar-refractivity contribution in [3.05, 3.63) is 0 Å². The molecule has 0 saturated heterocycles. The van der Waals surface area contributed by atoms with Crippen molar-refractivity contribution in [3.8, 4) is 0 Å². The molecule has 1 unspecified atom stereocenters. The first-order chi connectivity index (χ1) is 8.05. The lowest BCUT2D eigenvalue weighted by Gasteiger charge is -2.37. The van der Waals surface area contributed by atoms with Gasteiger partial charge >= 0.3 is 5.97 Å². The van der Waals surface area contributed by atoms with Crippen LogP contribution in [0.4, 0.5) is 0 Å². The Balaban J connectivity index is 2.43. The van der Waals surface area contributed by atoms with Crippen LogP contribution in [0.3, 0.4) is 0 Å². The number of nitrogens with two attached hydrogens (primary N) is 1. The van der Waals surface area contributed by atoms with Gasteiger partial charge in [0.25, 0.3) is 0 Å². The summed E-state index contributed by atoms with van der Waals surface area (Å²) in [6.45, 7) is 2.56. The van der Waals surface area contributed by atoms with Gasteiger partial charge in [0.05, 0.1) is 11.3 Å². The number of hydrogen-bond acceptors (Lipinski definition) is 3. The van der Waals surface area contributed by atoms with Crippen LogP contribution >= 0.6 is 0 Å². The Labute approximate surface area is 102 Å². The maximum absolute atomic E-state index is 11.8. The van der Waals surface area contributed by atoms with E-state index in [1.165, 1.54) is 0 Å². The Morgan fingerprint density at radius 1 is 1.47 bits per heavy atom. The Morgan fingerprint density at radius 2 is 2.12 bits per heavy atom. The number of hydrogen-bond donors (Lipinski definition) is 3. The fourth-order valence-corrected chi connectivity index (χ4v) is 2.17. The van der Waals surface area contributed by atoms with Crippen molar-refractivity contribution < 1.29 is 14.7 Å². The van der Waals surface area contributed by atoms with Gasteiger partial charge in [-0.2, -0.15) is 0 Å². The number of carbonyl (C=O) groups is 2. The number of amides is 1. The van der Waals surface area contributed by atoms with Crippen LogP contribution in [0.5, 0.6) is 0 Å². The van der Waals surface area contributed by atoms with Crippen LogP contribution < -0.4 is 11.1 Å². The molecule has 0 aromatic heterocycles. The van der Waals surface area contributed by atoms with Crippen LogP contribution in [0.15, 0.2) is 0 Å². The standard InChI is InChI=1S/C12H22N2O3/c1-2-4-9(7-13)10(15)14-8-12(11(16)17)5-3-6-12/h9H,2-8,13H2,1H3,(H,14,15)(H,16,17). The summed E-state index contributed by atoms with van der Waals surface area (Å²) >= 11 is 0. The minimum absolute atomic E-state index is 0.109. The highest BCUT2D eigenvalue weighted by molar-refractivity contribution is 5.81. The topological polar surface area (TPSA) is 92.4 Å². The first kappa shape index (κ1) is 14.0. The van der Waals surface area contributed by atoms with Gasteiger partial charge in [-0.3, -0.25) is 9.59 Å². The molecule has 0 aromatic rings. The second-order valence-electron chi connectivity index (χ2n) is 4.88. The molecule has 1 atom stereocenters. The van der Waals surface area contributed by atoms with E-state index in [0.29, 0.717) is 19.4 Å². The van der Waals surface area contributed by atoms with Gasteiger partial charge in [-0.15, -0.1) is 0 Å². The summed E-state index contributed by atoms with van der Waals surface area (Å²) in [5.41, 5.74) is 4.81. The molecule has 1 fully saturated rings. The van der Waals surface area contributed by atoms with Gasteiger partial charge in [-0.25, -0.2) is 0 Å². The van der Waals surface area contributed by atoms with E-state index < -0.39 is 11.4 Å². The summed E-state index contributed by atoms with van der Waals surface area (Å²) in [6.07, 6.45) is 3.90. The normalized spacial score (nSPS) is 19.2. The zero-order valence-electron chi connectivity index (χ0n) is 10.4. The van der Waals surface area contributed by atoms with Crippen LogP contribution in [0.25, 0.3) is 0 Å². The summed E-state index contributed by atoms with van der Waals surface area (Å²) in [5.74, 6) is -1.10. The molecule has 0 radical (unpaired) electrons. The molecule has 1 aliphatic carbocycles. The third-order valence-electron chi connectivity index (χ3n) is 3.66. The molecule has 4 N–H and O–H groups in total. The third-order valence-corrected chi connectivity index (χ3v) is 3.66. The minimum atomic E-state index is -0.802. The molecule has 1 amide bonds. The van der Waals surface area contributed by atoms with E-state index in [9.17, 15) is 9.59 Å². The van der Waals surface area contributed by atoms with Gasteiger partial charge < -0.3 is 16.2 Å². The Bertz CT molecular complexity index is 287. The second kappa shape index (κ2) is 6.00. The highest BCUT2D eigenvalue weighted by Gasteiger charge is 2.44. The second-order valence-corrected chi connectivity index (χ2v) is 4.88. The molecule has 5 heteroatoms. The summed E-state index contributed by atoms with van der Waals surface area (Å²) in [7, 11) is 0. The van der Waals surface area contributed by atoms with E-state index in [0.717, 1.165) is 19.3 Å². The molecule has 0 spiro atoms. The highest BCUT2D eigenvalue weighted by Crippen LogP contribution is 2.40. The summed E-state index contributed by atoms with van der Waals surface area (Å²) in [6, 6.07) is 0. The molecule has 1 aliphatic rings. The number of aliphatic carboxylic acids is 1. The van der Waals surface area contributed by atoms with Crippen molar-refractivity contribution in [2.24, 2.45) is 17.1 Å². The van der Waals surface area contributed by atoms with E-state index in [-0.39, 0.29) is 18.4 Å². The van der Waals surface area contributed by atoms with Crippen molar-refractivity contribution in [1.82, 2.24) is 5.32 Å². The fourth-order valence-electron chi connectivity index (χ4n) is 2.17. The molecular weight excluding hydrogens is 220 g/mol. The molecular formula is C12H22N2O3. The maximum Gasteiger partial charge on any atom is 0.311 e. The number of carbonyl (C=O) groups excluding carboxylic acids is 1. The zero-order valence-corrected chi connectivity index (χ0v) is 10.4. The molecule has 17 heavy (non-hydrogen) atoms. The molecule has 0 aromatic carbocycles. The Kier molecular flexibility index (Phi) is 4.93. The van der Waals surface area contributed by atoms with Crippen molar-refractivity contribution in [3.63, 3.8) is 0 Å². The minimum Gasteiger partial charge on any atom is -0.481 e. The van der Waals surface area contributed by atoms with Gasteiger partial charge in [0.15, 0.2) is 0 Å². The summed E-state index contributed by atoms with van der Waals surface area (Å²) in [4.78, 5) is 22.9. The van der Waals surface area contributed by atoms with E-state index in [1.807, 2.05) is 6.92 Å². The van der Waals surface area contributed by atoms with Crippen LogP contribution in [-0.4, -0.2) is 30.1 Å². The molecule has 0 heterocycles.